The summed E-state index contributed by atoms with van der Waals surface area (Å²) in [7, 11) is 0. The Labute approximate surface area is 240 Å². The zero-order chi connectivity index (χ0) is 26.7. The van der Waals surface area contributed by atoms with Gasteiger partial charge in [0.2, 0.25) is 0 Å². The predicted molar refractivity (Wildman–Crippen MR) is 179 cm³/mol. The van der Waals surface area contributed by atoms with Gasteiger partial charge in [0, 0.05) is 25.7 Å². The first kappa shape index (κ1) is 21.8. The smallest absolute Gasteiger partial charge is 0.0434 e. The molecule has 10 rings (SSSR count). The first-order valence-electron chi connectivity index (χ1n) is 14.2. The van der Waals surface area contributed by atoms with Gasteiger partial charge in [0.15, 0.2) is 0 Å². The van der Waals surface area contributed by atoms with E-state index in [0.717, 1.165) is 0 Å². The summed E-state index contributed by atoms with van der Waals surface area (Å²) in [4.78, 5) is 1.32. The number of fused-ring (bicyclic) bond motifs is 3. The van der Waals surface area contributed by atoms with Crippen molar-refractivity contribution in [1.82, 2.24) is 0 Å². The van der Waals surface area contributed by atoms with Crippen molar-refractivity contribution in [2.45, 2.75) is 0 Å². The third-order valence-corrected chi connectivity index (χ3v) is 10.3. The van der Waals surface area contributed by atoms with E-state index in [-0.39, 0.29) is 0 Å². The molecule has 0 unspecified atom stereocenters. The highest BCUT2D eigenvalue weighted by Gasteiger charge is 2.26. The number of rotatable bonds is 3. The van der Waals surface area contributed by atoms with Crippen LogP contribution in [0.25, 0.3) is 96.6 Å². The van der Waals surface area contributed by atoms with Crippen molar-refractivity contribution in [1.29, 1.82) is 0 Å². The number of hydrogen-bond donors (Lipinski definition) is 0. The minimum atomic E-state index is 1.27. The fourth-order valence-corrected chi connectivity index (χ4v) is 8.60. The Kier molecular flexibility index (Phi) is 4.15. The van der Waals surface area contributed by atoms with Gasteiger partial charge in [-0.15, -0.1) is 11.3 Å². The van der Waals surface area contributed by atoms with Gasteiger partial charge in [0.1, 0.15) is 0 Å². The Morgan fingerprint density at radius 2 is 0.829 bits per heavy atom. The largest absolute Gasteiger partial charge is 0.135 e. The highest BCUT2D eigenvalue weighted by atomic mass is 32.1. The lowest BCUT2D eigenvalue weighted by Gasteiger charge is -2.13. The molecule has 1 heterocycles. The monoisotopic (exact) mass is 534 g/mol. The number of benzene rings is 8. The molecule has 0 saturated heterocycles. The molecule has 188 valence electrons. The molecule has 1 heteroatoms. The molecule has 0 aliphatic heterocycles. The summed E-state index contributed by atoms with van der Waals surface area (Å²) in [5.74, 6) is 0. The van der Waals surface area contributed by atoms with Crippen LogP contribution in [0.15, 0.2) is 133 Å². The van der Waals surface area contributed by atoms with Crippen LogP contribution in [0.2, 0.25) is 0 Å². The highest BCUT2D eigenvalue weighted by molar-refractivity contribution is 7.23. The summed E-state index contributed by atoms with van der Waals surface area (Å²) in [5, 5.41) is 15.2. The standard InChI is InChI=1S/C40H22S/c1-4-10-23(11-5-1)29-20-31-32-22-34(25-14-8-3-9-15-25)41-40(32)33-21-30(24-12-6-2-7-13-24)28-19-17-26-16-18-27(29)36-35(26)37(28)39(33)38(31)36/h1-22H. The van der Waals surface area contributed by atoms with E-state index in [1.165, 1.54) is 96.6 Å². The third-order valence-electron chi connectivity index (χ3n) is 9.13. The second-order valence-corrected chi connectivity index (χ2v) is 12.3. The van der Waals surface area contributed by atoms with E-state index >= 15 is 0 Å². The van der Waals surface area contributed by atoms with Gasteiger partial charge >= 0.3 is 0 Å². The molecule has 1 aromatic heterocycles. The van der Waals surface area contributed by atoms with Crippen molar-refractivity contribution in [2.75, 3.05) is 0 Å². The molecule has 0 fully saturated rings. The van der Waals surface area contributed by atoms with Gasteiger partial charge < -0.3 is 0 Å². The molecule has 41 heavy (non-hydrogen) atoms. The van der Waals surface area contributed by atoms with Crippen LogP contribution in [0.5, 0.6) is 0 Å². The maximum Gasteiger partial charge on any atom is 0.0434 e. The van der Waals surface area contributed by atoms with Gasteiger partial charge in [-0.3, -0.25) is 0 Å². The predicted octanol–water partition coefficient (Wildman–Crippen LogP) is 12.0. The second kappa shape index (κ2) is 7.81. The van der Waals surface area contributed by atoms with E-state index in [1.807, 2.05) is 11.3 Å². The van der Waals surface area contributed by atoms with Gasteiger partial charge in [0.25, 0.3) is 0 Å². The topological polar surface area (TPSA) is 0 Å². The van der Waals surface area contributed by atoms with Crippen LogP contribution in [0.1, 0.15) is 0 Å². The van der Waals surface area contributed by atoms with Crippen LogP contribution >= 0.6 is 11.3 Å². The van der Waals surface area contributed by atoms with E-state index in [9.17, 15) is 0 Å². The average Bonchev–Trinajstić information content (AvgIpc) is 3.65. The lowest BCUT2D eigenvalue weighted by atomic mass is 9.90. The minimum Gasteiger partial charge on any atom is -0.135 e. The maximum absolute atomic E-state index is 2.48. The molecule has 0 amide bonds. The summed E-state index contributed by atoms with van der Waals surface area (Å²) in [5.41, 5.74) is 6.46. The molecule has 0 atom stereocenters. The Balaban J connectivity index is 1.50. The molecular formula is C40H22S. The molecule has 0 saturated carbocycles. The van der Waals surface area contributed by atoms with Gasteiger partial charge in [0.05, 0.1) is 0 Å². The number of thiophene rings is 1. The number of hydrogen-bond acceptors (Lipinski definition) is 1. The lowest BCUT2D eigenvalue weighted by Crippen LogP contribution is -1.85. The van der Waals surface area contributed by atoms with Crippen molar-refractivity contribution < 1.29 is 0 Å². The summed E-state index contributed by atoms with van der Waals surface area (Å²) >= 11 is 1.94. The first-order chi connectivity index (χ1) is 20.3. The lowest BCUT2D eigenvalue weighted by molar-refractivity contribution is 1.68. The van der Waals surface area contributed by atoms with Crippen molar-refractivity contribution in [2.24, 2.45) is 0 Å². The zero-order valence-electron chi connectivity index (χ0n) is 22.1. The molecule has 9 aromatic carbocycles. The van der Waals surface area contributed by atoms with Crippen molar-refractivity contribution in [3.05, 3.63) is 133 Å². The Bertz CT molecular complexity index is 2380. The third kappa shape index (κ3) is 2.79. The normalized spacial score (nSPS) is 12.4. The molecule has 0 spiro atoms. The van der Waals surface area contributed by atoms with Gasteiger partial charge in [-0.05, 0) is 89.1 Å². The minimum absolute atomic E-state index is 1.27. The van der Waals surface area contributed by atoms with Crippen LogP contribution in [0.3, 0.4) is 0 Å². The molecule has 0 N–H and O–H groups in total. The Morgan fingerprint density at radius 1 is 0.341 bits per heavy atom. The summed E-state index contributed by atoms with van der Waals surface area (Å²) in [6.45, 7) is 0. The van der Waals surface area contributed by atoms with Crippen LogP contribution in [0, 0.1) is 0 Å². The fraction of sp³-hybridized carbons (Fsp3) is 0. The summed E-state index contributed by atoms with van der Waals surface area (Å²) < 4.78 is 1.38. The zero-order valence-corrected chi connectivity index (χ0v) is 22.9. The molecule has 0 aliphatic rings. The molecule has 0 aliphatic carbocycles. The highest BCUT2D eigenvalue weighted by Crippen LogP contribution is 2.55. The van der Waals surface area contributed by atoms with Gasteiger partial charge in [-0.1, -0.05) is 115 Å². The first-order valence-corrected chi connectivity index (χ1v) is 15.0. The molecular weight excluding hydrogens is 513 g/mol. The molecule has 0 nitrogen and oxygen atoms in total. The van der Waals surface area contributed by atoms with Crippen molar-refractivity contribution in [3.63, 3.8) is 0 Å². The molecule has 10 aromatic rings. The van der Waals surface area contributed by atoms with Gasteiger partial charge in [-0.25, -0.2) is 0 Å². The van der Waals surface area contributed by atoms with Crippen molar-refractivity contribution >= 4 is 75.3 Å². The Hall–Kier alpha value is -4.98. The maximum atomic E-state index is 2.48. The Morgan fingerprint density at radius 3 is 1.41 bits per heavy atom. The van der Waals surface area contributed by atoms with Crippen molar-refractivity contribution in [3.8, 4) is 32.7 Å². The summed E-state index contributed by atoms with van der Waals surface area (Å²) in [6, 6.07) is 49.5. The van der Waals surface area contributed by atoms with Gasteiger partial charge in [-0.2, -0.15) is 0 Å². The second-order valence-electron chi connectivity index (χ2n) is 11.2. The fourth-order valence-electron chi connectivity index (χ4n) is 7.40. The molecule has 0 radical (unpaired) electrons. The van der Waals surface area contributed by atoms with Crippen LogP contribution in [0.4, 0.5) is 0 Å². The summed E-state index contributed by atoms with van der Waals surface area (Å²) in [6.07, 6.45) is 0. The molecule has 0 bridgehead atoms. The van der Waals surface area contributed by atoms with Crippen LogP contribution < -0.4 is 0 Å². The average molecular weight is 535 g/mol. The van der Waals surface area contributed by atoms with E-state index in [2.05, 4.69) is 133 Å². The van der Waals surface area contributed by atoms with E-state index in [4.69, 9.17) is 0 Å². The van der Waals surface area contributed by atoms with E-state index < -0.39 is 0 Å². The van der Waals surface area contributed by atoms with E-state index in [1.54, 1.807) is 0 Å². The van der Waals surface area contributed by atoms with Crippen LogP contribution in [-0.2, 0) is 0 Å². The quantitative estimate of drug-likeness (QED) is 0.198. The van der Waals surface area contributed by atoms with Crippen LogP contribution in [-0.4, -0.2) is 0 Å². The van der Waals surface area contributed by atoms with E-state index in [0.29, 0.717) is 0 Å². The SMILES string of the molecule is c1ccc(-c2cc3c4cc(-c5ccccc5)c5ccc6ccc7c(-c8ccccc8)cc(c3s2)c2c7c6c5c42)cc1.